The van der Waals surface area contributed by atoms with Gasteiger partial charge < -0.3 is 15.2 Å². The minimum atomic E-state index is -0.641. The molecule has 1 aliphatic heterocycles. The molecule has 0 spiro atoms. The number of nitrogens with one attached hydrogen (secondary N) is 1. The van der Waals surface area contributed by atoms with Gasteiger partial charge in [-0.2, -0.15) is 0 Å². The highest BCUT2D eigenvalue weighted by molar-refractivity contribution is 6.33. The summed E-state index contributed by atoms with van der Waals surface area (Å²) in [6, 6.07) is 2.88. The lowest BCUT2D eigenvalue weighted by molar-refractivity contribution is 0.0125. The molecule has 0 atom stereocenters. The second-order valence-electron chi connectivity index (χ2n) is 4.51. The lowest BCUT2D eigenvalue weighted by atomic mass is 9.90. The lowest BCUT2D eigenvalue weighted by Crippen LogP contribution is -2.54. The number of ether oxygens (including phenoxy) is 1. The Kier molecular flexibility index (Phi) is 4.62. The standard InChI is InChI=1S/C12H14Cl2N2O3/c13-9-5-8(6-10(14)15-9)11(18)16-12(7-17)1-3-19-4-2-12/h5-6,17H,1-4,7H2,(H,16,18). The van der Waals surface area contributed by atoms with Crippen LogP contribution in [0.25, 0.3) is 0 Å². The lowest BCUT2D eigenvalue weighted by Gasteiger charge is -2.36. The number of hydrogen-bond acceptors (Lipinski definition) is 4. The number of aliphatic hydroxyl groups excluding tert-OH is 1. The van der Waals surface area contributed by atoms with Crippen molar-refractivity contribution >= 4 is 29.1 Å². The molecule has 0 bridgehead atoms. The van der Waals surface area contributed by atoms with E-state index in [0.29, 0.717) is 31.6 Å². The Bertz CT molecular complexity index is 456. The summed E-state index contributed by atoms with van der Waals surface area (Å²) in [5, 5.41) is 12.7. The molecular formula is C12H14Cl2N2O3. The molecule has 2 N–H and O–H groups in total. The Hall–Kier alpha value is -0.880. The molecule has 1 aromatic heterocycles. The van der Waals surface area contributed by atoms with E-state index in [1.165, 1.54) is 12.1 Å². The molecular weight excluding hydrogens is 291 g/mol. The average molecular weight is 305 g/mol. The largest absolute Gasteiger partial charge is 0.394 e. The van der Waals surface area contributed by atoms with Crippen LogP contribution in [0, 0.1) is 0 Å². The third kappa shape index (κ3) is 3.57. The number of aliphatic hydroxyl groups is 1. The van der Waals surface area contributed by atoms with E-state index < -0.39 is 5.54 Å². The summed E-state index contributed by atoms with van der Waals surface area (Å²) in [5.41, 5.74) is -0.318. The number of rotatable bonds is 3. The first kappa shape index (κ1) is 14.5. The van der Waals surface area contributed by atoms with Crippen LogP contribution < -0.4 is 5.32 Å². The van der Waals surface area contributed by atoms with Gasteiger partial charge in [0.2, 0.25) is 0 Å². The fourth-order valence-electron chi connectivity index (χ4n) is 1.99. The SMILES string of the molecule is O=C(NC1(CO)CCOCC1)c1cc(Cl)nc(Cl)c1. The molecule has 104 valence electrons. The van der Waals surface area contributed by atoms with Crippen molar-refractivity contribution in [3.05, 3.63) is 28.0 Å². The van der Waals surface area contributed by atoms with E-state index in [1.54, 1.807) is 0 Å². The van der Waals surface area contributed by atoms with Crippen molar-refractivity contribution in [2.24, 2.45) is 0 Å². The van der Waals surface area contributed by atoms with Crippen molar-refractivity contribution in [3.8, 4) is 0 Å². The maximum atomic E-state index is 12.2. The van der Waals surface area contributed by atoms with E-state index in [1.807, 2.05) is 0 Å². The van der Waals surface area contributed by atoms with E-state index >= 15 is 0 Å². The average Bonchev–Trinajstić information content (AvgIpc) is 2.38. The van der Waals surface area contributed by atoms with Crippen molar-refractivity contribution < 1.29 is 14.6 Å². The fourth-order valence-corrected chi connectivity index (χ4v) is 2.45. The molecule has 0 saturated carbocycles. The Morgan fingerprint density at radius 2 is 1.95 bits per heavy atom. The van der Waals surface area contributed by atoms with Gasteiger partial charge >= 0.3 is 0 Å². The molecule has 1 saturated heterocycles. The highest BCUT2D eigenvalue weighted by atomic mass is 35.5. The van der Waals surface area contributed by atoms with Gasteiger partial charge in [-0.1, -0.05) is 23.2 Å². The van der Waals surface area contributed by atoms with Gasteiger partial charge in [0.1, 0.15) is 10.3 Å². The second kappa shape index (κ2) is 6.05. The second-order valence-corrected chi connectivity index (χ2v) is 5.28. The van der Waals surface area contributed by atoms with Crippen LogP contribution in [0.4, 0.5) is 0 Å². The van der Waals surface area contributed by atoms with Crippen molar-refractivity contribution in [2.45, 2.75) is 18.4 Å². The smallest absolute Gasteiger partial charge is 0.252 e. The first-order valence-electron chi connectivity index (χ1n) is 5.89. The molecule has 1 aliphatic rings. The molecule has 19 heavy (non-hydrogen) atoms. The summed E-state index contributed by atoms with van der Waals surface area (Å²) in [7, 11) is 0. The Morgan fingerprint density at radius 1 is 1.37 bits per heavy atom. The van der Waals surface area contributed by atoms with Crippen molar-refractivity contribution in [1.82, 2.24) is 10.3 Å². The van der Waals surface area contributed by atoms with Gasteiger partial charge in [-0.3, -0.25) is 4.79 Å². The highest BCUT2D eigenvalue weighted by Gasteiger charge is 2.33. The quantitative estimate of drug-likeness (QED) is 0.833. The third-order valence-electron chi connectivity index (χ3n) is 3.16. The first-order valence-corrected chi connectivity index (χ1v) is 6.64. The zero-order valence-corrected chi connectivity index (χ0v) is 11.7. The number of nitrogens with zero attached hydrogens (tertiary/aromatic N) is 1. The topological polar surface area (TPSA) is 71.5 Å². The zero-order chi connectivity index (χ0) is 13.9. The Labute approximate surface area is 120 Å². The van der Waals surface area contributed by atoms with Crippen LogP contribution in [-0.4, -0.2) is 41.4 Å². The number of hydrogen-bond donors (Lipinski definition) is 2. The fraction of sp³-hybridized carbons (Fsp3) is 0.500. The van der Waals surface area contributed by atoms with Crippen LogP contribution >= 0.6 is 23.2 Å². The molecule has 0 radical (unpaired) electrons. The van der Waals surface area contributed by atoms with Crippen LogP contribution in [0.3, 0.4) is 0 Å². The summed E-state index contributed by atoms with van der Waals surface area (Å²) < 4.78 is 5.24. The van der Waals surface area contributed by atoms with Gasteiger partial charge in [-0.15, -0.1) is 0 Å². The predicted molar refractivity (Wildman–Crippen MR) is 71.6 cm³/mol. The number of carbonyl (C=O) groups excluding carboxylic acids is 1. The number of amides is 1. The molecule has 7 heteroatoms. The maximum absolute atomic E-state index is 12.2. The minimum Gasteiger partial charge on any atom is -0.394 e. The summed E-state index contributed by atoms with van der Waals surface area (Å²) in [6.45, 7) is 0.895. The van der Waals surface area contributed by atoms with E-state index in [2.05, 4.69) is 10.3 Å². The molecule has 2 heterocycles. The van der Waals surface area contributed by atoms with Crippen molar-refractivity contribution in [1.29, 1.82) is 0 Å². The summed E-state index contributed by atoms with van der Waals surface area (Å²) in [5.74, 6) is -0.331. The molecule has 0 unspecified atom stereocenters. The van der Waals surface area contributed by atoms with Gasteiger partial charge in [-0.25, -0.2) is 4.98 Å². The molecule has 5 nitrogen and oxygen atoms in total. The van der Waals surface area contributed by atoms with Gasteiger partial charge in [0.25, 0.3) is 5.91 Å². The van der Waals surface area contributed by atoms with E-state index in [-0.39, 0.29) is 22.8 Å². The van der Waals surface area contributed by atoms with Gasteiger partial charge in [0.15, 0.2) is 0 Å². The number of pyridine rings is 1. The Balaban J connectivity index is 2.15. The van der Waals surface area contributed by atoms with Crippen LogP contribution in [0.5, 0.6) is 0 Å². The predicted octanol–water partition coefficient (Wildman–Crippen LogP) is 1.66. The monoisotopic (exact) mass is 304 g/mol. The summed E-state index contributed by atoms with van der Waals surface area (Å²) in [4.78, 5) is 16.0. The van der Waals surface area contributed by atoms with Gasteiger partial charge in [0, 0.05) is 18.8 Å². The number of carbonyl (C=O) groups is 1. The van der Waals surface area contributed by atoms with E-state index in [9.17, 15) is 9.90 Å². The van der Waals surface area contributed by atoms with Crippen LogP contribution in [0.15, 0.2) is 12.1 Å². The van der Waals surface area contributed by atoms with Gasteiger partial charge in [-0.05, 0) is 25.0 Å². The minimum absolute atomic E-state index is 0.130. The van der Waals surface area contributed by atoms with Crippen LogP contribution in [-0.2, 0) is 4.74 Å². The highest BCUT2D eigenvalue weighted by Crippen LogP contribution is 2.22. The molecule has 1 aromatic rings. The van der Waals surface area contributed by atoms with Crippen LogP contribution in [0.1, 0.15) is 23.2 Å². The molecule has 0 aliphatic carbocycles. The molecule has 2 rings (SSSR count). The molecule has 0 aromatic carbocycles. The van der Waals surface area contributed by atoms with Crippen molar-refractivity contribution in [2.75, 3.05) is 19.8 Å². The molecule has 1 fully saturated rings. The first-order chi connectivity index (χ1) is 9.04. The summed E-state index contributed by atoms with van der Waals surface area (Å²) in [6.07, 6.45) is 1.14. The van der Waals surface area contributed by atoms with Crippen LogP contribution in [0.2, 0.25) is 10.3 Å². The zero-order valence-electron chi connectivity index (χ0n) is 10.2. The third-order valence-corrected chi connectivity index (χ3v) is 3.54. The van der Waals surface area contributed by atoms with E-state index in [0.717, 1.165) is 0 Å². The van der Waals surface area contributed by atoms with Crippen molar-refractivity contribution in [3.63, 3.8) is 0 Å². The maximum Gasteiger partial charge on any atom is 0.252 e. The van der Waals surface area contributed by atoms with E-state index in [4.69, 9.17) is 27.9 Å². The van der Waals surface area contributed by atoms with Gasteiger partial charge in [0.05, 0.1) is 12.1 Å². The normalized spacial score (nSPS) is 18.1. The summed E-state index contributed by atoms with van der Waals surface area (Å²) >= 11 is 11.5. The number of halogens is 2. The molecule has 1 amide bonds. The Morgan fingerprint density at radius 3 is 2.47 bits per heavy atom. The number of aromatic nitrogens is 1.